The average molecular weight is 383 g/mol. The number of aryl methyl sites for hydroxylation is 4. The molecule has 1 aromatic carbocycles. The Morgan fingerprint density at radius 2 is 1.71 bits per heavy atom. The van der Waals surface area contributed by atoms with E-state index in [1.807, 2.05) is 52.2 Å². The average Bonchev–Trinajstić information content (AvgIpc) is 3.30. The van der Waals surface area contributed by atoms with Gasteiger partial charge in [0.25, 0.3) is 0 Å². The van der Waals surface area contributed by atoms with E-state index in [9.17, 15) is 9.59 Å². The van der Waals surface area contributed by atoms with Crippen LogP contribution in [0.3, 0.4) is 0 Å². The van der Waals surface area contributed by atoms with Crippen molar-refractivity contribution >= 4 is 17.5 Å². The van der Waals surface area contributed by atoms with E-state index in [1.165, 1.54) is 12.8 Å². The Bertz CT molecular complexity index is 842. The highest BCUT2D eigenvalue weighted by Gasteiger charge is 2.26. The van der Waals surface area contributed by atoms with Crippen LogP contribution in [0.25, 0.3) is 0 Å². The molecule has 6 heteroatoms. The highest BCUT2D eigenvalue weighted by atomic mass is 16.2. The number of nitrogens with one attached hydrogen (secondary N) is 2. The summed E-state index contributed by atoms with van der Waals surface area (Å²) in [7, 11) is 2.01. The third kappa shape index (κ3) is 4.44. The zero-order valence-corrected chi connectivity index (χ0v) is 17.2. The Kier molecular flexibility index (Phi) is 6.19. The van der Waals surface area contributed by atoms with Crippen molar-refractivity contribution in [2.24, 2.45) is 7.05 Å². The Morgan fingerprint density at radius 3 is 2.29 bits per heavy atom. The van der Waals surface area contributed by atoms with Gasteiger partial charge in [-0.1, -0.05) is 17.7 Å². The summed E-state index contributed by atoms with van der Waals surface area (Å²) in [6.07, 6.45) is 4.35. The lowest BCUT2D eigenvalue weighted by atomic mass is 10.1. The molecule has 1 fully saturated rings. The number of hydrogen-bond acceptors (Lipinski definition) is 3. The van der Waals surface area contributed by atoms with Crippen LogP contribution in [-0.2, 0) is 16.6 Å². The van der Waals surface area contributed by atoms with Crippen LogP contribution in [0, 0.1) is 20.8 Å². The maximum Gasteiger partial charge on any atom is 0.313 e. The zero-order chi connectivity index (χ0) is 20.3. The van der Waals surface area contributed by atoms with E-state index in [0.717, 1.165) is 35.5 Å². The maximum atomic E-state index is 12.5. The zero-order valence-electron chi connectivity index (χ0n) is 17.2. The van der Waals surface area contributed by atoms with E-state index in [-0.39, 0.29) is 6.04 Å². The fourth-order valence-corrected chi connectivity index (χ4v) is 4.11. The second-order valence-electron chi connectivity index (χ2n) is 7.74. The SMILES string of the molecule is Cc1cc(C)c(NC(=O)C(=O)NCC(c2cccn2C)N2CCCC2)c(C)c1. The third-order valence-electron chi connectivity index (χ3n) is 5.48. The van der Waals surface area contributed by atoms with Gasteiger partial charge in [0.1, 0.15) is 0 Å². The molecule has 6 nitrogen and oxygen atoms in total. The van der Waals surface area contributed by atoms with Crippen LogP contribution in [0.2, 0.25) is 0 Å². The number of nitrogens with zero attached hydrogens (tertiary/aromatic N) is 2. The second kappa shape index (κ2) is 8.61. The number of rotatable bonds is 5. The third-order valence-corrected chi connectivity index (χ3v) is 5.48. The van der Waals surface area contributed by atoms with E-state index < -0.39 is 11.8 Å². The molecule has 1 aliphatic heterocycles. The molecule has 2 heterocycles. The van der Waals surface area contributed by atoms with Crippen molar-refractivity contribution in [1.82, 2.24) is 14.8 Å². The van der Waals surface area contributed by atoms with Gasteiger partial charge in [0.15, 0.2) is 0 Å². The summed E-state index contributed by atoms with van der Waals surface area (Å²) in [5.41, 5.74) is 4.90. The van der Waals surface area contributed by atoms with E-state index >= 15 is 0 Å². The lowest BCUT2D eigenvalue weighted by molar-refractivity contribution is -0.136. The minimum atomic E-state index is -0.623. The van der Waals surface area contributed by atoms with Crippen molar-refractivity contribution in [1.29, 1.82) is 0 Å². The van der Waals surface area contributed by atoms with Gasteiger partial charge in [0, 0.05) is 31.2 Å². The number of likely N-dealkylation sites (tertiary alicyclic amines) is 1. The summed E-state index contributed by atoms with van der Waals surface area (Å²) >= 11 is 0. The van der Waals surface area contributed by atoms with Gasteiger partial charge in [0.2, 0.25) is 0 Å². The van der Waals surface area contributed by atoms with Crippen LogP contribution in [0.1, 0.15) is 41.3 Å². The van der Waals surface area contributed by atoms with Gasteiger partial charge in [-0.2, -0.15) is 0 Å². The molecule has 2 N–H and O–H groups in total. The van der Waals surface area contributed by atoms with Gasteiger partial charge < -0.3 is 15.2 Å². The first kappa shape index (κ1) is 20.1. The molecule has 3 rings (SSSR count). The number of benzene rings is 1. The molecule has 150 valence electrons. The Morgan fingerprint density at radius 1 is 1.07 bits per heavy atom. The molecule has 28 heavy (non-hydrogen) atoms. The van der Waals surface area contributed by atoms with Crippen molar-refractivity contribution in [2.75, 3.05) is 25.0 Å². The lowest BCUT2D eigenvalue weighted by Crippen LogP contribution is -2.42. The second-order valence-corrected chi connectivity index (χ2v) is 7.74. The number of amides is 2. The molecule has 0 radical (unpaired) electrons. The standard InChI is InChI=1S/C22H30N4O2/c1-15-12-16(2)20(17(3)13-15)24-22(28)21(27)23-14-19(26-10-5-6-11-26)18-8-7-9-25(18)4/h7-9,12-13,19H,5-6,10-11,14H2,1-4H3,(H,23,27)(H,24,28). The van der Waals surface area contributed by atoms with Crippen molar-refractivity contribution in [3.8, 4) is 0 Å². The van der Waals surface area contributed by atoms with Gasteiger partial charge in [-0.15, -0.1) is 0 Å². The number of aromatic nitrogens is 1. The van der Waals surface area contributed by atoms with Gasteiger partial charge >= 0.3 is 11.8 Å². The Labute approximate surface area is 166 Å². The topological polar surface area (TPSA) is 66.4 Å². The monoisotopic (exact) mass is 382 g/mol. The first-order valence-corrected chi connectivity index (χ1v) is 9.89. The van der Waals surface area contributed by atoms with Crippen molar-refractivity contribution in [3.63, 3.8) is 0 Å². The first-order chi connectivity index (χ1) is 13.4. The van der Waals surface area contributed by atoms with Crippen LogP contribution in [0.4, 0.5) is 5.69 Å². The highest BCUT2D eigenvalue weighted by Crippen LogP contribution is 2.25. The summed E-state index contributed by atoms with van der Waals surface area (Å²) in [5.74, 6) is -1.22. The largest absolute Gasteiger partial charge is 0.353 e. The fourth-order valence-electron chi connectivity index (χ4n) is 4.11. The van der Waals surface area contributed by atoms with Crippen molar-refractivity contribution in [2.45, 2.75) is 39.7 Å². The summed E-state index contributed by atoms with van der Waals surface area (Å²) in [5, 5.41) is 5.61. The first-order valence-electron chi connectivity index (χ1n) is 9.89. The summed E-state index contributed by atoms with van der Waals surface area (Å²) in [6.45, 7) is 8.33. The molecule has 0 bridgehead atoms. The maximum absolute atomic E-state index is 12.5. The molecule has 1 aromatic heterocycles. The molecular weight excluding hydrogens is 352 g/mol. The Hall–Kier alpha value is -2.60. The number of hydrogen-bond donors (Lipinski definition) is 2. The van der Waals surface area contributed by atoms with Crippen LogP contribution >= 0.6 is 0 Å². The van der Waals surface area contributed by atoms with Gasteiger partial charge in [-0.25, -0.2) is 0 Å². The van der Waals surface area contributed by atoms with Gasteiger partial charge in [-0.05, 0) is 70.0 Å². The van der Waals surface area contributed by atoms with Crippen molar-refractivity contribution in [3.05, 3.63) is 52.8 Å². The summed E-state index contributed by atoms with van der Waals surface area (Å²) in [4.78, 5) is 27.3. The molecule has 1 atom stereocenters. The molecule has 2 aromatic rings. The highest BCUT2D eigenvalue weighted by molar-refractivity contribution is 6.39. The number of carbonyl (C=O) groups excluding carboxylic acids is 2. The predicted molar refractivity (Wildman–Crippen MR) is 111 cm³/mol. The van der Waals surface area contributed by atoms with Gasteiger partial charge in [-0.3, -0.25) is 14.5 Å². The number of carbonyl (C=O) groups is 2. The predicted octanol–water partition coefficient (Wildman–Crippen LogP) is 2.84. The van der Waals surface area contributed by atoms with Crippen LogP contribution in [0.5, 0.6) is 0 Å². The molecule has 1 unspecified atom stereocenters. The van der Waals surface area contributed by atoms with E-state index in [1.54, 1.807) is 0 Å². The minimum absolute atomic E-state index is 0.0714. The van der Waals surface area contributed by atoms with Crippen LogP contribution in [-0.4, -0.2) is 40.9 Å². The normalized spacial score (nSPS) is 15.4. The number of anilines is 1. The lowest BCUT2D eigenvalue weighted by Gasteiger charge is -2.28. The Balaban J connectivity index is 1.66. The fraction of sp³-hybridized carbons (Fsp3) is 0.455. The summed E-state index contributed by atoms with van der Waals surface area (Å²) < 4.78 is 2.08. The minimum Gasteiger partial charge on any atom is -0.353 e. The van der Waals surface area contributed by atoms with E-state index in [2.05, 4.69) is 26.2 Å². The molecule has 2 amide bonds. The van der Waals surface area contributed by atoms with E-state index in [0.29, 0.717) is 12.2 Å². The smallest absolute Gasteiger partial charge is 0.313 e. The van der Waals surface area contributed by atoms with Crippen LogP contribution in [0.15, 0.2) is 30.5 Å². The van der Waals surface area contributed by atoms with Gasteiger partial charge in [0.05, 0.1) is 6.04 Å². The molecule has 0 saturated carbocycles. The molecule has 1 aliphatic rings. The molecular formula is C22H30N4O2. The summed E-state index contributed by atoms with van der Waals surface area (Å²) in [6, 6.07) is 8.16. The van der Waals surface area contributed by atoms with E-state index in [4.69, 9.17) is 0 Å². The van der Waals surface area contributed by atoms with Crippen molar-refractivity contribution < 1.29 is 9.59 Å². The van der Waals surface area contributed by atoms with Crippen LogP contribution < -0.4 is 10.6 Å². The molecule has 0 spiro atoms. The molecule has 0 aliphatic carbocycles. The quantitative estimate of drug-likeness (QED) is 0.782. The molecule has 1 saturated heterocycles.